The Morgan fingerprint density at radius 3 is 2.24 bits per heavy atom. The van der Waals surface area contributed by atoms with Crippen LogP contribution in [0.3, 0.4) is 0 Å². The van der Waals surface area contributed by atoms with Crippen LogP contribution < -0.4 is 0 Å². The molecule has 2 heteroatoms. The number of Topliss-reactive ketones (excluding diaryl/α,β-unsaturated/α-hetero) is 1. The third kappa shape index (κ3) is 2.89. The quantitative estimate of drug-likeness (QED) is 0.696. The molecule has 1 aliphatic heterocycles. The molecule has 1 aliphatic rings. The number of hydrogen-bond acceptors (Lipinski definition) is 2. The molecule has 0 aromatic heterocycles. The molecule has 0 saturated heterocycles. The lowest BCUT2D eigenvalue weighted by molar-refractivity contribution is -0.117. The number of ketones is 1. The molecule has 90 valence electrons. The highest BCUT2D eigenvalue weighted by molar-refractivity contribution is 8.04. The van der Waals surface area contributed by atoms with Crippen molar-refractivity contribution in [1.29, 1.82) is 0 Å². The van der Waals surface area contributed by atoms with E-state index >= 15 is 0 Å². The minimum Gasteiger partial charge on any atom is -0.293 e. The van der Waals surface area contributed by atoms with Crippen molar-refractivity contribution in [3.05, 3.63) is 60.1 Å². The molecule has 0 saturated carbocycles. The van der Waals surface area contributed by atoms with Crippen LogP contribution in [0.25, 0.3) is 0 Å². The van der Waals surface area contributed by atoms with E-state index in [4.69, 9.17) is 0 Å². The van der Waals surface area contributed by atoms with E-state index in [1.165, 1.54) is 0 Å². The molecule has 0 amide bonds. The number of rotatable bonds is 4. The van der Waals surface area contributed by atoms with Crippen molar-refractivity contribution in [3.63, 3.8) is 0 Å². The zero-order valence-corrected chi connectivity index (χ0v) is 11.2. The van der Waals surface area contributed by atoms with Crippen LogP contribution in [0, 0.1) is 5.92 Å². The van der Waals surface area contributed by atoms with Gasteiger partial charge < -0.3 is 0 Å². The van der Waals surface area contributed by atoms with E-state index in [1.807, 2.05) is 32.1 Å². The van der Waals surface area contributed by atoms with E-state index in [1.54, 1.807) is 23.9 Å². The fourth-order valence-electron chi connectivity index (χ4n) is 1.85. The van der Waals surface area contributed by atoms with Crippen molar-refractivity contribution in [2.45, 2.75) is 19.1 Å². The normalized spacial score (nSPS) is 25.9. The summed E-state index contributed by atoms with van der Waals surface area (Å²) in [6.45, 7) is 11.4. The number of allylic oxidation sites excluding steroid dienone is 6. The Bertz CT molecular complexity index is 413. The zero-order valence-electron chi connectivity index (χ0n) is 10.3. The Morgan fingerprint density at radius 1 is 1.12 bits per heavy atom. The molecule has 0 fully saturated rings. The van der Waals surface area contributed by atoms with E-state index < -0.39 is 0 Å². The summed E-state index contributed by atoms with van der Waals surface area (Å²) < 4.78 is 0. The van der Waals surface area contributed by atoms with Crippen LogP contribution in [0.4, 0.5) is 0 Å². The molecule has 2 atom stereocenters. The summed E-state index contributed by atoms with van der Waals surface area (Å²) in [7, 11) is 0. The number of carbonyl (C=O) groups excluding carboxylic acids is 1. The Kier molecular flexibility index (Phi) is 5.23. The van der Waals surface area contributed by atoms with E-state index in [9.17, 15) is 4.79 Å². The Labute approximate surface area is 108 Å². The highest BCUT2D eigenvalue weighted by atomic mass is 32.2. The molecule has 1 heterocycles. The topological polar surface area (TPSA) is 17.1 Å². The Hall–Kier alpha value is -1.28. The van der Waals surface area contributed by atoms with Gasteiger partial charge in [-0.2, -0.15) is 0 Å². The van der Waals surface area contributed by atoms with Gasteiger partial charge in [-0.25, -0.2) is 0 Å². The van der Waals surface area contributed by atoms with E-state index in [-0.39, 0.29) is 17.0 Å². The molecule has 0 aromatic rings. The fraction of sp³-hybridized carbons (Fsp3) is 0.267. The van der Waals surface area contributed by atoms with Crippen LogP contribution in [-0.2, 0) is 4.79 Å². The molecule has 2 unspecified atom stereocenters. The standard InChI is InChI=1S/C15H18OS/c1-5-9-12-14(10-6-2)17-13(8-4)11(7-3)15(12)16/h5-10,12,14H,3-4H2,1-2H3/b9-5-,10-6-. The highest BCUT2D eigenvalue weighted by Gasteiger charge is 2.32. The average Bonchev–Trinajstić information content (AvgIpc) is 2.33. The van der Waals surface area contributed by atoms with Gasteiger partial charge >= 0.3 is 0 Å². The molecular weight excluding hydrogens is 228 g/mol. The zero-order chi connectivity index (χ0) is 12.8. The van der Waals surface area contributed by atoms with Crippen molar-refractivity contribution < 1.29 is 4.79 Å². The molecule has 0 bridgehead atoms. The molecule has 1 nitrogen and oxygen atoms in total. The molecule has 17 heavy (non-hydrogen) atoms. The molecular formula is C15H18OS. The predicted octanol–water partition coefficient (Wildman–Crippen LogP) is 4.07. The second kappa shape index (κ2) is 6.45. The van der Waals surface area contributed by atoms with E-state index in [0.29, 0.717) is 5.57 Å². The van der Waals surface area contributed by atoms with Gasteiger partial charge in [0.25, 0.3) is 0 Å². The second-order valence-corrected chi connectivity index (χ2v) is 4.93. The van der Waals surface area contributed by atoms with Crippen LogP contribution in [0.1, 0.15) is 13.8 Å². The van der Waals surface area contributed by atoms with Crippen LogP contribution in [0.5, 0.6) is 0 Å². The monoisotopic (exact) mass is 246 g/mol. The third-order valence-electron chi connectivity index (χ3n) is 2.62. The van der Waals surface area contributed by atoms with Crippen molar-refractivity contribution in [2.75, 3.05) is 0 Å². The van der Waals surface area contributed by atoms with Gasteiger partial charge in [0, 0.05) is 15.7 Å². The van der Waals surface area contributed by atoms with Crippen LogP contribution in [-0.4, -0.2) is 11.0 Å². The third-order valence-corrected chi connectivity index (χ3v) is 3.99. The van der Waals surface area contributed by atoms with E-state index in [0.717, 1.165) is 4.91 Å². The first-order valence-electron chi connectivity index (χ1n) is 5.65. The number of thioether (sulfide) groups is 1. The van der Waals surface area contributed by atoms with Crippen molar-refractivity contribution in [3.8, 4) is 0 Å². The number of hydrogen-bond donors (Lipinski definition) is 0. The Morgan fingerprint density at radius 2 is 1.76 bits per heavy atom. The van der Waals surface area contributed by atoms with Gasteiger partial charge in [-0.05, 0) is 13.8 Å². The lowest BCUT2D eigenvalue weighted by Gasteiger charge is -2.27. The summed E-state index contributed by atoms with van der Waals surface area (Å²) in [6, 6.07) is 0. The first kappa shape index (κ1) is 13.8. The lowest BCUT2D eigenvalue weighted by atomic mass is 9.92. The molecule has 0 N–H and O–H groups in total. The van der Waals surface area contributed by atoms with E-state index in [2.05, 4.69) is 19.2 Å². The van der Waals surface area contributed by atoms with Gasteiger partial charge in [0.05, 0.1) is 5.92 Å². The highest BCUT2D eigenvalue weighted by Crippen LogP contribution is 2.39. The molecule has 0 aliphatic carbocycles. The maximum Gasteiger partial charge on any atom is 0.172 e. The van der Waals surface area contributed by atoms with Crippen molar-refractivity contribution >= 4 is 17.5 Å². The lowest BCUT2D eigenvalue weighted by Crippen LogP contribution is -2.28. The minimum atomic E-state index is -0.0992. The van der Waals surface area contributed by atoms with Gasteiger partial charge in [-0.1, -0.05) is 49.6 Å². The first-order chi connectivity index (χ1) is 8.19. The van der Waals surface area contributed by atoms with Gasteiger partial charge in [-0.3, -0.25) is 4.79 Å². The maximum atomic E-state index is 12.3. The minimum absolute atomic E-state index is 0.0992. The first-order valence-corrected chi connectivity index (χ1v) is 6.53. The summed E-state index contributed by atoms with van der Waals surface area (Å²) in [5.74, 6) is 0.0350. The van der Waals surface area contributed by atoms with Crippen LogP contribution >= 0.6 is 11.8 Å². The largest absolute Gasteiger partial charge is 0.293 e. The smallest absolute Gasteiger partial charge is 0.172 e. The van der Waals surface area contributed by atoms with Crippen molar-refractivity contribution in [1.82, 2.24) is 0 Å². The van der Waals surface area contributed by atoms with Gasteiger partial charge in [0.15, 0.2) is 5.78 Å². The SMILES string of the molecule is C=CC1=C(C=C)C(=O)C(/C=C\C)C(/C=C\C)S1. The molecule has 0 spiro atoms. The summed E-state index contributed by atoms with van der Waals surface area (Å²) in [6.07, 6.45) is 11.3. The maximum absolute atomic E-state index is 12.3. The second-order valence-electron chi connectivity index (χ2n) is 3.71. The van der Waals surface area contributed by atoms with Gasteiger partial charge in [0.2, 0.25) is 0 Å². The molecule has 0 radical (unpaired) electrons. The van der Waals surface area contributed by atoms with Crippen molar-refractivity contribution in [2.24, 2.45) is 5.92 Å². The van der Waals surface area contributed by atoms with Crippen LogP contribution in [0.15, 0.2) is 60.1 Å². The summed E-state index contributed by atoms with van der Waals surface area (Å²) in [4.78, 5) is 13.3. The predicted molar refractivity (Wildman–Crippen MR) is 76.9 cm³/mol. The summed E-state index contributed by atoms with van der Waals surface area (Å²) in [5, 5.41) is 0.153. The van der Waals surface area contributed by atoms with Crippen LogP contribution in [0.2, 0.25) is 0 Å². The molecule has 0 aromatic carbocycles. The summed E-state index contributed by atoms with van der Waals surface area (Å²) in [5.41, 5.74) is 0.689. The molecule has 1 rings (SSSR count). The number of carbonyl (C=O) groups is 1. The van der Waals surface area contributed by atoms with Gasteiger partial charge in [0.1, 0.15) is 0 Å². The average molecular weight is 246 g/mol. The summed E-state index contributed by atoms with van der Waals surface area (Å²) >= 11 is 1.67. The van der Waals surface area contributed by atoms with Gasteiger partial charge in [-0.15, -0.1) is 11.8 Å². The fourth-order valence-corrected chi connectivity index (χ4v) is 3.14. The Balaban J connectivity index is 3.23.